The minimum absolute atomic E-state index is 0.658. The Morgan fingerprint density at radius 3 is 1.80 bits per heavy atom. The first-order valence-electron chi connectivity index (χ1n) is 8.46. The van der Waals surface area contributed by atoms with Gasteiger partial charge in [0.2, 0.25) is 0 Å². The summed E-state index contributed by atoms with van der Waals surface area (Å²) in [5.74, 6) is 2.64. The lowest BCUT2D eigenvalue weighted by Gasteiger charge is -2.37. The molecule has 0 atom stereocenters. The van der Waals surface area contributed by atoms with Crippen molar-refractivity contribution in [3.8, 4) is 17.2 Å². The third-order valence-electron chi connectivity index (χ3n) is 5.26. The van der Waals surface area contributed by atoms with E-state index in [9.17, 15) is 0 Å². The highest BCUT2D eigenvalue weighted by Crippen LogP contribution is 2.57. The highest BCUT2D eigenvalue weighted by Gasteiger charge is 2.50. The molecule has 2 heteroatoms. The Morgan fingerprint density at radius 1 is 0.520 bits per heavy atom. The predicted molar refractivity (Wildman–Crippen MR) is 97.4 cm³/mol. The average molecular weight is 322 g/mol. The number of rotatable bonds is 0. The van der Waals surface area contributed by atoms with Crippen molar-refractivity contribution in [3.05, 3.63) is 102 Å². The molecular weight excluding hydrogens is 308 g/mol. The van der Waals surface area contributed by atoms with E-state index in [1.54, 1.807) is 0 Å². The second kappa shape index (κ2) is 4.42. The molecule has 0 bridgehead atoms. The van der Waals surface area contributed by atoms with Gasteiger partial charge in [-0.15, -0.1) is 0 Å². The summed E-state index contributed by atoms with van der Waals surface area (Å²) in [6.45, 7) is 0. The summed E-state index contributed by atoms with van der Waals surface area (Å²) in [6.07, 6.45) is 0. The van der Waals surface area contributed by atoms with Crippen LogP contribution in [-0.4, -0.2) is 0 Å². The molecule has 1 spiro atoms. The normalized spacial score (nSPS) is 15.4. The highest BCUT2D eigenvalue weighted by atomic mass is 16.5. The Kier molecular flexibility index (Phi) is 2.31. The quantitative estimate of drug-likeness (QED) is 0.418. The molecular formula is C23H14O2. The van der Waals surface area contributed by atoms with Crippen LogP contribution in [-0.2, 0) is 5.60 Å². The van der Waals surface area contributed by atoms with Crippen LogP contribution in [0, 0.1) is 0 Å². The maximum Gasteiger partial charge on any atom is 0.192 e. The van der Waals surface area contributed by atoms with Crippen LogP contribution in [0.25, 0.3) is 10.8 Å². The number of hydrogen-bond acceptors (Lipinski definition) is 2. The van der Waals surface area contributed by atoms with Crippen LogP contribution in [0.5, 0.6) is 17.2 Å². The molecule has 0 fully saturated rings. The largest absolute Gasteiger partial charge is 0.472 e. The monoisotopic (exact) mass is 322 g/mol. The summed E-state index contributed by atoms with van der Waals surface area (Å²) in [5.41, 5.74) is 2.63. The van der Waals surface area contributed by atoms with Crippen LogP contribution < -0.4 is 9.47 Å². The summed E-state index contributed by atoms with van der Waals surface area (Å²) >= 11 is 0. The van der Waals surface area contributed by atoms with Gasteiger partial charge in [-0.25, -0.2) is 0 Å². The molecule has 6 rings (SSSR count). The fourth-order valence-electron chi connectivity index (χ4n) is 4.26. The van der Waals surface area contributed by atoms with Crippen molar-refractivity contribution in [1.29, 1.82) is 0 Å². The minimum atomic E-state index is -0.658. The van der Waals surface area contributed by atoms with Crippen molar-refractivity contribution >= 4 is 10.8 Å². The zero-order valence-electron chi connectivity index (χ0n) is 13.4. The lowest BCUT2D eigenvalue weighted by Crippen LogP contribution is -2.35. The van der Waals surface area contributed by atoms with Gasteiger partial charge in [0.15, 0.2) is 5.60 Å². The molecule has 0 amide bonds. The zero-order chi connectivity index (χ0) is 16.4. The Morgan fingerprint density at radius 2 is 1.08 bits per heavy atom. The van der Waals surface area contributed by atoms with E-state index in [2.05, 4.69) is 48.5 Å². The first-order chi connectivity index (χ1) is 12.4. The number of para-hydroxylation sites is 2. The van der Waals surface area contributed by atoms with Crippen molar-refractivity contribution in [2.24, 2.45) is 0 Å². The highest BCUT2D eigenvalue weighted by molar-refractivity contribution is 5.96. The molecule has 0 aliphatic carbocycles. The third kappa shape index (κ3) is 1.50. The predicted octanol–water partition coefficient (Wildman–Crippen LogP) is 5.63. The van der Waals surface area contributed by atoms with Crippen LogP contribution in [0.2, 0.25) is 0 Å². The van der Waals surface area contributed by atoms with Crippen molar-refractivity contribution in [3.63, 3.8) is 0 Å². The summed E-state index contributed by atoms with van der Waals surface area (Å²) in [6, 6.07) is 29.0. The molecule has 2 aliphatic rings. The molecule has 0 aromatic heterocycles. The molecule has 0 saturated carbocycles. The van der Waals surface area contributed by atoms with E-state index in [1.165, 1.54) is 16.3 Å². The van der Waals surface area contributed by atoms with Gasteiger partial charge < -0.3 is 9.47 Å². The molecule has 4 aromatic carbocycles. The van der Waals surface area contributed by atoms with E-state index < -0.39 is 5.60 Å². The standard InChI is InChI=1S/C23H14O2/c1-3-12-19-16(9-1)23(17-10-2-4-13-20(17)24-19)18-11-5-7-15-8-6-14-21(25-23)22(15)18/h1-14H. The van der Waals surface area contributed by atoms with E-state index in [0.29, 0.717) is 0 Å². The Labute approximate surface area is 145 Å². The SMILES string of the molecule is c1ccc2c(c1)Oc1ccccc1C21Oc2cccc3cccc1c23. The van der Waals surface area contributed by atoms with E-state index >= 15 is 0 Å². The Balaban J connectivity index is 1.80. The van der Waals surface area contributed by atoms with Gasteiger partial charge in [0, 0.05) is 22.1 Å². The third-order valence-corrected chi connectivity index (χ3v) is 5.26. The van der Waals surface area contributed by atoms with Gasteiger partial charge >= 0.3 is 0 Å². The summed E-state index contributed by atoms with van der Waals surface area (Å²) in [7, 11) is 0. The number of ether oxygens (including phenoxy) is 2. The average Bonchev–Trinajstić information content (AvgIpc) is 3.00. The fraction of sp³-hybridized carbons (Fsp3) is 0.0435. The second-order valence-corrected chi connectivity index (χ2v) is 6.54. The molecule has 25 heavy (non-hydrogen) atoms. The van der Waals surface area contributed by atoms with Gasteiger partial charge in [-0.1, -0.05) is 66.7 Å². The van der Waals surface area contributed by atoms with E-state index in [0.717, 1.165) is 28.4 Å². The maximum absolute atomic E-state index is 6.72. The number of benzene rings is 4. The first kappa shape index (κ1) is 13.1. The molecule has 0 saturated heterocycles. The van der Waals surface area contributed by atoms with Gasteiger partial charge in [-0.3, -0.25) is 0 Å². The lowest BCUT2D eigenvalue weighted by atomic mass is 9.77. The molecule has 2 heterocycles. The Hall–Kier alpha value is -3.26. The van der Waals surface area contributed by atoms with Gasteiger partial charge in [0.1, 0.15) is 17.2 Å². The van der Waals surface area contributed by atoms with Crippen LogP contribution in [0.15, 0.2) is 84.9 Å². The van der Waals surface area contributed by atoms with Crippen LogP contribution in [0.4, 0.5) is 0 Å². The molecule has 2 nitrogen and oxygen atoms in total. The smallest absolute Gasteiger partial charge is 0.192 e. The van der Waals surface area contributed by atoms with Crippen molar-refractivity contribution in [2.75, 3.05) is 0 Å². The molecule has 118 valence electrons. The molecule has 2 aliphatic heterocycles. The number of hydrogen-bond donors (Lipinski definition) is 0. The van der Waals surface area contributed by atoms with Crippen molar-refractivity contribution in [2.45, 2.75) is 5.60 Å². The van der Waals surface area contributed by atoms with Gasteiger partial charge in [0.05, 0.1) is 0 Å². The summed E-state index contributed by atoms with van der Waals surface area (Å²) < 4.78 is 12.9. The second-order valence-electron chi connectivity index (χ2n) is 6.54. The van der Waals surface area contributed by atoms with Crippen LogP contribution in [0.3, 0.4) is 0 Å². The first-order valence-corrected chi connectivity index (χ1v) is 8.46. The summed E-state index contributed by atoms with van der Waals surface area (Å²) in [4.78, 5) is 0. The van der Waals surface area contributed by atoms with Crippen molar-refractivity contribution in [1.82, 2.24) is 0 Å². The molecule has 0 N–H and O–H groups in total. The topological polar surface area (TPSA) is 18.5 Å². The zero-order valence-corrected chi connectivity index (χ0v) is 13.4. The summed E-state index contributed by atoms with van der Waals surface area (Å²) in [5, 5.41) is 2.39. The van der Waals surface area contributed by atoms with Crippen LogP contribution >= 0.6 is 0 Å². The van der Waals surface area contributed by atoms with E-state index in [1.807, 2.05) is 36.4 Å². The molecule has 0 radical (unpaired) electrons. The van der Waals surface area contributed by atoms with Gasteiger partial charge in [-0.2, -0.15) is 0 Å². The van der Waals surface area contributed by atoms with E-state index in [4.69, 9.17) is 9.47 Å². The lowest BCUT2D eigenvalue weighted by molar-refractivity contribution is 0.157. The Bertz CT molecular complexity index is 1110. The fourth-order valence-corrected chi connectivity index (χ4v) is 4.26. The van der Waals surface area contributed by atoms with Crippen molar-refractivity contribution < 1.29 is 9.47 Å². The maximum atomic E-state index is 6.72. The molecule has 0 unspecified atom stereocenters. The molecule has 4 aromatic rings. The van der Waals surface area contributed by atoms with E-state index in [-0.39, 0.29) is 0 Å². The van der Waals surface area contributed by atoms with Gasteiger partial charge in [-0.05, 0) is 23.6 Å². The number of fused-ring (bicyclic) bond motifs is 5. The van der Waals surface area contributed by atoms with Gasteiger partial charge in [0.25, 0.3) is 0 Å². The van der Waals surface area contributed by atoms with Crippen LogP contribution in [0.1, 0.15) is 16.7 Å². The minimum Gasteiger partial charge on any atom is -0.472 e.